The predicted octanol–water partition coefficient (Wildman–Crippen LogP) is 3.54. The maximum Gasteiger partial charge on any atom is 0.148 e. The molecular formula is C13H12ClFN2. The summed E-state index contributed by atoms with van der Waals surface area (Å²) in [6.07, 6.45) is 4.16. The Morgan fingerprint density at radius 1 is 1.18 bits per heavy atom. The van der Waals surface area contributed by atoms with E-state index in [1.807, 2.05) is 0 Å². The molecule has 0 bridgehead atoms. The third-order valence-corrected chi connectivity index (χ3v) is 3.56. The van der Waals surface area contributed by atoms with Gasteiger partial charge in [-0.1, -0.05) is 23.7 Å². The molecule has 0 saturated heterocycles. The number of halogens is 2. The quantitative estimate of drug-likeness (QED) is 0.757. The van der Waals surface area contributed by atoms with Crippen molar-refractivity contribution in [3.05, 3.63) is 46.5 Å². The molecule has 0 aliphatic heterocycles. The highest BCUT2D eigenvalue weighted by atomic mass is 35.5. The number of benzene rings is 1. The van der Waals surface area contributed by atoms with Gasteiger partial charge in [-0.15, -0.1) is 0 Å². The van der Waals surface area contributed by atoms with E-state index in [0.717, 1.165) is 36.9 Å². The van der Waals surface area contributed by atoms with E-state index in [0.29, 0.717) is 10.8 Å². The molecule has 0 spiro atoms. The molecule has 1 aromatic carbocycles. The predicted molar refractivity (Wildman–Crippen MR) is 65.2 cm³/mol. The number of aromatic nitrogens is 2. The first-order valence-electron chi connectivity index (χ1n) is 5.78. The van der Waals surface area contributed by atoms with Gasteiger partial charge in [0.25, 0.3) is 0 Å². The van der Waals surface area contributed by atoms with E-state index in [-0.39, 0.29) is 5.82 Å². The molecule has 0 amide bonds. The molecule has 4 heteroatoms. The molecule has 1 aromatic heterocycles. The van der Waals surface area contributed by atoms with Gasteiger partial charge >= 0.3 is 0 Å². The summed E-state index contributed by atoms with van der Waals surface area (Å²) in [5.41, 5.74) is 2.53. The second-order valence-electron chi connectivity index (χ2n) is 4.29. The average molecular weight is 251 g/mol. The second-order valence-corrected chi connectivity index (χ2v) is 4.64. The average Bonchev–Trinajstić information content (AvgIpc) is 2.68. The Bertz CT molecular complexity index is 563. The third-order valence-electron chi connectivity index (χ3n) is 3.18. The van der Waals surface area contributed by atoms with Crippen LogP contribution in [0.4, 0.5) is 4.39 Å². The lowest BCUT2D eigenvalue weighted by molar-refractivity contribution is 0.609. The first-order valence-corrected chi connectivity index (χ1v) is 6.16. The Morgan fingerprint density at radius 2 is 1.94 bits per heavy atom. The fraction of sp³-hybridized carbons (Fsp3) is 0.308. The van der Waals surface area contributed by atoms with Gasteiger partial charge in [0.1, 0.15) is 16.7 Å². The molecule has 17 heavy (non-hydrogen) atoms. The van der Waals surface area contributed by atoms with Gasteiger partial charge in [-0.05, 0) is 37.8 Å². The second kappa shape index (κ2) is 4.15. The summed E-state index contributed by atoms with van der Waals surface area (Å²) in [5.74, 6) is -0.297. The van der Waals surface area contributed by atoms with Crippen LogP contribution in [0.3, 0.4) is 0 Å². The molecular weight excluding hydrogens is 239 g/mol. The molecule has 3 rings (SSSR count). The summed E-state index contributed by atoms with van der Waals surface area (Å²) in [4.78, 5) is 0. The summed E-state index contributed by atoms with van der Waals surface area (Å²) < 4.78 is 15.2. The lowest BCUT2D eigenvalue weighted by Crippen LogP contribution is -2.01. The first-order chi connectivity index (χ1) is 8.27. The van der Waals surface area contributed by atoms with E-state index >= 15 is 0 Å². The van der Waals surface area contributed by atoms with Crippen LogP contribution in [0.1, 0.15) is 24.1 Å². The molecule has 0 atom stereocenters. The van der Waals surface area contributed by atoms with E-state index in [9.17, 15) is 4.39 Å². The van der Waals surface area contributed by atoms with Crippen LogP contribution in [0.25, 0.3) is 5.69 Å². The fourth-order valence-corrected chi connectivity index (χ4v) is 2.63. The van der Waals surface area contributed by atoms with Crippen LogP contribution in [0.15, 0.2) is 24.3 Å². The van der Waals surface area contributed by atoms with Crippen molar-refractivity contribution in [2.45, 2.75) is 25.7 Å². The number of rotatable bonds is 1. The summed E-state index contributed by atoms with van der Waals surface area (Å²) in [6, 6.07) is 6.57. The minimum atomic E-state index is -0.297. The summed E-state index contributed by atoms with van der Waals surface area (Å²) in [5, 5.41) is 4.99. The summed E-state index contributed by atoms with van der Waals surface area (Å²) >= 11 is 6.28. The molecule has 0 fully saturated rings. The lowest BCUT2D eigenvalue weighted by atomic mass is 9.99. The molecule has 0 radical (unpaired) electrons. The van der Waals surface area contributed by atoms with E-state index in [1.54, 1.807) is 18.2 Å². The lowest BCUT2D eigenvalue weighted by Gasteiger charge is -2.08. The van der Waals surface area contributed by atoms with Crippen molar-refractivity contribution in [1.29, 1.82) is 0 Å². The van der Waals surface area contributed by atoms with Gasteiger partial charge in [0, 0.05) is 5.56 Å². The van der Waals surface area contributed by atoms with Gasteiger partial charge in [-0.3, -0.25) is 0 Å². The number of hydrogen-bond donors (Lipinski definition) is 0. The maximum absolute atomic E-state index is 13.7. The zero-order valence-corrected chi connectivity index (χ0v) is 10.0. The zero-order chi connectivity index (χ0) is 11.8. The Hall–Kier alpha value is -1.35. The SMILES string of the molecule is Fc1ccccc1-n1nc2c(c1Cl)CCCC2. The molecule has 2 aromatic rings. The largest absolute Gasteiger partial charge is 0.219 e. The molecule has 0 saturated carbocycles. The van der Waals surface area contributed by atoms with Gasteiger partial charge in [-0.25, -0.2) is 9.07 Å². The minimum absolute atomic E-state index is 0.297. The Balaban J connectivity index is 2.16. The van der Waals surface area contributed by atoms with Crippen LogP contribution in [-0.2, 0) is 12.8 Å². The van der Waals surface area contributed by atoms with Crippen molar-refractivity contribution in [3.8, 4) is 5.69 Å². The molecule has 0 unspecified atom stereocenters. The molecule has 88 valence electrons. The van der Waals surface area contributed by atoms with E-state index in [1.165, 1.54) is 10.7 Å². The molecule has 1 aliphatic rings. The molecule has 2 nitrogen and oxygen atoms in total. The van der Waals surface area contributed by atoms with Crippen molar-refractivity contribution < 1.29 is 4.39 Å². The van der Waals surface area contributed by atoms with Crippen LogP contribution < -0.4 is 0 Å². The summed E-state index contributed by atoms with van der Waals surface area (Å²) in [7, 11) is 0. The standard InChI is InChI=1S/C13H12ClFN2/c14-13-9-5-1-3-7-11(9)16-17(13)12-8-4-2-6-10(12)15/h2,4,6,8H,1,3,5,7H2. The number of nitrogens with zero attached hydrogens (tertiary/aromatic N) is 2. The summed E-state index contributed by atoms with van der Waals surface area (Å²) in [6.45, 7) is 0. The maximum atomic E-state index is 13.7. The van der Waals surface area contributed by atoms with Crippen LogP contribution in [0, 0.1) is 5.82 Å². The van der Waals surface area contributed by atoms with Gasteiger partial charge < -0.3 is 0 Å². The molecule has 0 N–H and O–H groups in total. The van der Waals surface area contributed by atoms with Gasteiger partial charge in [0.05, 0.1) is 5.69 Å². The topological polar surface area (TPSA) is 17.8 Å². The van der Waals surface area contributed by atoms with Gasteiger partial charge in [0.2, 0.25) is 0 Å². The molecule has 1 heterocycles. The van der Waals surface area contributed by atoms with Gasteiger partial charge in [0.15, 0.2) is 0 Å². The Morgan fingerprint density at radius 3 is 2.71 bits per heavy atom. The number of para-hydroxylation sites is 1. The monoisotopic (exact) mass is 250 g/mol. The van der Waals surface area contributed by atoms with Crippen LogP contribution in [0.2, 0.25) is 5.15 Å². The van der Waals surface area contributed by atoms with Crippen molar-refractivity contribution >= 4 is 11.6 Å². The highest BCUT2D eigenvalue weighted by Crippen LogP contribution is 2.30. The van der Waals surface area contributed by atoms with E-state index < -0.39 is 0 Å². The first kappa shape index (κ1) is 10.8. The van der Waals surface area contributed by atoms with Crippen molar-refractivity contribution in [2.75, 3.05) is 0 Å². The number of hydrogen-bond acceptors (Lipinski definition) is 1. The van der Waals surface area contributed by atoms with Crippen molar-refractivity contribution in [1.82, 2.24) is 9.78 Å². The van der Waals surface area contributed by atoms with E-state index in [4.69, 9.17) is 11.6 Å². The molecule has 1 aliphatic carbocycles. The van der Waals surface area contributed by atoms with Crippen molar-refractivity contribution in [2.24, 2.45) is 0 Å². The van der Waals surface area contributed by atoms with Crippen LogP contribution in [-0.4, -0.2) is 9.78 Å². The van der Waals surface area contributed by atoms with E-state index in [2.05, 4.69) is 5.10 Å². The highest BCUT2D eigenvalue weighted by molar-refractivity contribution is 6.30. The van der Waals surface area contributed by atoms with Crippen LogP contribution in [0.5, 0.6) is 0 Å². The zero-order valence-electron chi connectivity index (χ0n) is 9.29. The number of fused-ring (bicyclic) bond motifs is 1. The highest BCUT2D eigenvalue weighted by Gasteiger charge is 2.20. The fourth-order valence-electron chi connectivity index (χ4n) is 2.30. The smallest absolute Gasteiger partial charge is 0.148 e. The Kier molecular flexibility index (Phi) is 2.63. The third kappa shape index (κ3) is 1.75. The normalized spacial score (nSPS) is 14.7. The minimum Gasteiger partial charge on any atom is -0.219 e. The Labute approximate surface area is 104 Å². The van der Waals surface area contributed by atoms with Gasteiger partial charge in [-0.2, -0.15) is 5.10 Å². The number of aryl methyl sites for hydroxylation is 1. The van der Waals surface area contributed by atoms with Crippen LogP contribution >= 0.6 is 11.6 Å². The van der Waals surface area contributed by atoms with Crippen molar-refractivity contribution in [3.63, 3.8) is 0 Å².